The van der Waals surface area contributed by atoms with Gasteiger partial charge in [0.05, 0.1) is 5.56 Å². The lowest BCUT2D eigenvalue weighted by molar-refractivity contribution is -0.185. The van der Waals surface area contributed by atoms with Crippen LogP contribution in [0.3, 0.4) is 0 Å². The number of benzene rings is 1. The highest BCUT2D eigenvalue weighted by Crippen LogP contribution is 2.53. The summed E-state index contributed by atoms with van der Waals surface area (Å²) in [5.74, 6) is -10.1. The Hall–Kier alpha value is -1.59. The van der Waals surface area contributed by atoms with E-state index in [0.29, 0.717) is 5.56 Å². The second-order valence-corrected chi connectivity index (χ2v) is 4.44. The number of rotatable bonds is 2. The Bertz CT molecular complexity index is 451. The molecule has 1 aliphatic rings. The summed E-state index contributed by atoms with van der Waals surface area (Å²) in [6, 6.07) is 5.08. The number of carboxylic acid groups (broad SMARTS) is 1. The molecule has 0 spiro atoms. The minimum absolute atomic E-state index is 0.00438. The number of aromatic carboxylic acids is 1. The molecule has 0 unspecified atom stereocenters. The molecule has 1 N–H and O–H groups in total. The second kappa shape index (κ2) is 3.96. The fraction of sp³-hybridized carbons (Fsp3) is 0.417. The summed E-state index contributed by atoms with van der Waals surface area (Å²) < 4.78 is 52.1. The van der Waals surface area contributed by atoms with E-state index in [2.05, 4.69) is 0 Å². The fourth-order valence-corrected chi connectivity index (χ4v) is 2.12. The number of alkyl halides is 4. The molecule has 1 aromatic rings. The average Bonchev–Trinajstić information content (AvgIpc) is 2.48. The molecule has 0 radical (unpaired) electrons. The summed E-state index contributed by atoms with van der Waals surface area (Å²) in [5, 5.41) is 8.67. The van der Waals surface area contributed by atoms with Crippen LogP contribution < -0.4 is 0 Å². The third-order valence-electron chi connectivity index (χ3n) is 3.17. The quantitative estimate of drug-likeness (QED) is 0.828. The van der Waals surface area contributed by atoms with Gasteiger partial charge in [0.15, 0.2) is 0 Å². The maximum Gasteiger partial charge on any atom is 0.335 e. The SMILES string of the molecule is O=C(O)c1ccc(C2CC(F)(F)C(F)(F)C2)cc1. The van der Waals surface area contributed by atoms with Crippen LogP contribution in [0, 0.1) is 0 Å². The van der Waals surface area contributed by atoms with Crippen LogP contribution in [0.25, 0.3) is 0 Å². The molecule has 1 saturated carbocycles. The van der Waals surface area contributed by atoms with Crippen LogP contribution in [0.15, 0.2) is 24.3 Å². The Balaban J connectivity index is 2.22. The molecule has 98 valence electrons. The van der Waals surface area contributed by atoms with Crippen molar-refractivity contribution < 1.29 is 27.5 Å². The first-order valence-corrected chi connectivity index (χ1v) is 5.32. The molecule has 0 aromatic heterocycles. The lowest BCUT2D eigenvalue weighted by Gasteiger charge is -2.16. The van der Waals surface area contributed by atoms with Gasteiger partial charge in [0.25, 0.3) is 0 Å². The van der Waals surface area contributed by atoms with Crippen molar-refractivity contribution in [3.63, 3.8) is 0 Å². The summed E-state index contributed by atoms with van der Waals surface area (Å²) in [6.07, 6.45) is -1.82. The first-order chi connectivity index (χ1) is 8.23. The van der Waals surface area contributed by atoms with Crippen LogP contribution in [0.5, 0.6) is 0 Å². The van der Waals surface area contributed by atoms with Gasteiger partial charge in [-0.1, -0.05) is 12.1 Å². The number of halogens is 4. The fourth-order valence-electron chi connectivity index (χ4n) is 2.12. The topological polar surface area (TPSA) is 37.3 Å². The second-order valence-electron chi connectivity index (χ2n) is 4.44. The molecule has 2 nitrogen and oxygen atoms in total. The molecule has 0 saturated heterocycles. The molecule has 6 heteroatoms. The zero-order valence-corrected chi connectivity index (χ0v) is 9.17. The van der Waals surface area contributed by atoms with Gasteiger partial charge in [-0.2, -0.15) is 17.6 Å². The Morgan fingerprint density at radius 1 is 1.06 bits per heavy atom. The summed E-state index contributed by atoms with van der Waals surface area (Å²) in [5.41, 5.74) is 0.312. The van der Waals surface area contributed by atoms with Gasteiger partial charge >= 0.3 is 17.8 Å². The third-order valence-corrected chi connectivity index (χ3v) is 3.17. The molecule has 0 atom stereocenters. The lowest BCUT2D eigenvalue weighted by Crippen LogP contribution is -2.33. The van der Waals surface area contributed by atoms with Gasteiger partial charge in [0, 0.05) is 12.8 Å². The molecule has 0 bridgehead atoms. The predicted octanol–water partition coefficient (Wildman–Crippen LogP) is 3.53. The summed E-state index contributed by atoms with van der Waals surface area (Å²) in [4.78, 5) is 10.6. The first kappa shape index (κ1) is 12.9. The van der Waals surface area contributed by atoms with E-state index in [1.54, 1.807) is 0 Å². The van der Waals surface area contributed by atoms with E-state index in [9.17, 15) is 22.4 Å². The van der Waals surface area contributed by atoms with Gasteiger partial charge in [-0.3, -0.25) is 0 Å². The summed E-state index contributed by atoms with van der Waals surface area (Å²) in [6.45, 7) is 0. The van der Waals surface area contributed by atoms with Crippen LogP contribution in [0.2, 0.25) is 0 Å². The maximum absolute atomic E-state index is 13.0. The van der Waals surface area contributed by atoms with E-state index in [1.807, 2.05) is 0 Å². The number of carboxylic acids is 1. The maximum atomic E-state index is 13.0. The molecular weight excluding hydrogens is 252 g/mol. The van der Waals surface area contributed by atoms with E-state index < -0.39 is 36.6 Å². The highest BCUT2D eigenvalue weighted by atomic mass is 19.3. The number of hydrogen-bond acceptors (Lipinski definition) is 1. The van der Waals surface area contributed by atoms with Crippen molar-refractivity contribution in [2.75, 3.05) is 0 Å². The van der Waals surface area contributed by atoms with E-state index in [1.165, 1.54) is 24.3 Å². The van der Waals surface area contributed by atoms with Crippen LogP contribution in [0.1, 0.15) is 34.7 Å². The molecule has 1 fully saturated rings. The number of carbonyl (C=O) groups is 1. The summed E-state index contributed by atoms with van der Waals surface area (Å²) in [7, 11) is 0. The summed E-state index contributed by atoms with van der Waals surface area (Å²) >= 11 is 0. The largest absolute Gasteiger partial charge is 0.478 e. The smallest absolute Gasteiger partial charge is 0.335 e. The van der Waals surface area contributed by atoms with Gasteiger partial charge in [-0.15, -0.1) is 0 Å². The van der Waals surface area contributed by atoms with Crippen LogP contribution in [-0.2, 0) is 0 Å². The van der Waals surface area contributed by atoms with Gasteiger partial charge < -0.3 is 5.11 Å². The van der Waals surface area contributed by atoms with E-state index in [0.717, 1.165) is 0 Å². The highest BCUT2D eigenvalue weighted by molar-refractivity contribution is 5.87. The predicted molar refractivity (Wildman–Crippen MR) is 55.3 cm³/mol. The monoisotopic (exact) mass is 262 g/mol. The minimum Gasteiger partial charge on any atom is -0.478 e. The van der Waals surface area contributed by atoms with Gasteiger partial charge in [-0.05, 0) is 23.6 Å². The molecule has 18 heavy (non-hydrogen) atoms. The molecule has 1 aliphatic carbocycles. The van der Waals surface area contributed by atoms with E-state index >= 15 is 0 Å². The number of hydrogen-bond donors (Lipinski definition) is 1. The minimum atomic E-state index is -4.00. The Morgan fingerprint density at radius 3 is 1.89 bits per heavy atom. The highest BCUT2D eigenvalue weighted by Gasteiger charge is 2.63. The molecule has 0 aliphatic heterocycles. The van der Waals surface area contributed by atoms with Crippen molar-refractivity contribution in [2.45, 2.75) is 30.6 Å². The van der Waals surface area contributed by atoms with Crippen LogP contribution in [-0.4, -0.2) is 22.9 Å². The van der Waals surface area contributed by atoms with Crippen molar-refractivity contribution in [2.24, 2.45) is 0 Å². The third kappa shape index (κ3) is 2.07. The molecular formula is C12H10F4O2. The van der Waals surface area contributed by atoms with Crippen molar-refractivity contribution in [3.05, 3.63) is 35.4 Å². The van der Waals surface area contributed by atoms with Crippen LogP contribution >= 0.6 is 0 Å². The van der Waals surface area contributed by atoms with Crippen LogP contribution in [0.4, 0.5) is 17.6 Å². The Morgan fingerprint density at radius 2 is 1.50 bits per heavy atom. The molecule has 2 rings (SSSR count). The lowest BCUT2D eigenvalue weighted by atomic mass is 9.96. The zero-order valence-electron chi connectivity index (χ0n) is 9.17. The van der Waals surface area contributed by atoms with Crippen molar-refractivity contribution >= 4 is 5.97 Å². The molecule has 1 aromatic carbocycles. The zero-order chi connectivity index (χ0) is 13.6. The van der Waals surface area contributed by atoms with Gasteiger partial charge in [0.2, 0.25) is 0 Å². The van der Waals surface area contributed by atoms with Crippen molar-refractivity contribution in [3.8, 4) is 0 Å². The average molecular weight is 262 g/mol. The normalized spacial score (nSPS) is 22.0. The van der Waals surface area contributed by atoms with Crippen molar-refractivity contribution in [1.29, 1.82) is 0 Å². The van der Waals surface area contributed by atoms with E-state index in [4.69, 9.17) is 5.11 Å². The molecule has 0 amide bonds. The van der Waals surface area contributed by atoms with E-state index in [-0.39, 0.29) is 5.56 Å². The first-order valence-electron chi connectivity index (χ1n) is 5.32. The van der Waals surface area contributed by atoms with Gasteiger partial charge in [-0.25, -0.2) is 4.79 Å². The van der Waals surface area contributed by atoms with Gasteiger partial charge in [0.1, 0.15) is 0 Å². The molecule has 0 heterocycles. The van der Waals surface area contributed by atoms with Crippen molar-refractivity contribution in [1.82, 2.24) is 0 Å². The Kier molecular flexibility index (Phi) is 2.83. The standard InChI is InChI=1S/C12H10F4O2/c13-11(14)5-9(6-12(11,15)16)7-1-3-8(4-2-7)10(17)18/h1-4,9H,5-6H2,(H,17,18). The Labute approximate surface area is 100 Å².